The van der Waals surface area contributed by atoms with Gasteiger partial charge in [-0.15, -0.1) is 5.10 Å². The summed E-state index contributed by atoms with van der Waals surface area (Å²) in [6.45, 7) is 4.31. The number of amides is 1. The number of carbonyl (C=O) groups excluding carboxylic acids is 1. The Morgan fingerprint density at radius 1 is 1.10 bits per heavy atom. The Balaban J connectivity index is 1.50. The van der Waals surface area contributed by atoms with Crippen LogP contribution in [0.5, 0.6) is 11.5 Å². The summed E-state index contributed by atoms with van der Waals surface area (Å²) in [4.78, 5) is 18.4. The van der Waals surface area contributed by atoms with Crippen molar-refractivity contribution in [1.82, 2.24) is 14.8 Å². The first-order chi connectivity index (χ1) is 19.0. The van der Waals surface area contributed by atoms with E-state index in [1.54, 1.807) is 42.1 Å². The first-order valence-electron chi connectivity index (χ1n) is 12.5. The third-order valence-corrected chi connectivity index (χ3v) is 7.14. The molecule has 0 saturated heterocycles. The molecule has 0 aliphatic carbocycles. The van der Waals surface area contributed by atoms with Crippen molar-refractivity contribution in [3.63, 3.8) is 0 Å². The average molecular weight is 546 g/mol. The van der Waals surface area contributed by atoms with Gasteiger partial charge in [-0.25, -0.2) is 9.07 Å². The minimum Gasteiger partial charge on any atom is -0.495 e. The molecule has 4 aromatic rings. The fraction of sp³-hybridized carbons (Fsp3) is 0.207. The molecule has 39 heavy (non-hydrogen) atoms. The standard InChI is InChI=1S/C29H28FN5O3S/c1-4-38-21-15-13-19(14-16-21)26-25(27(36)32-23-11-7-8-12-24(23)37-3)18(2)31-28-33-29(34-35(26)28)39-17-20-9-5-6-10-22(20)30/h5-16,26H,4,17H2,1-3H3,(H,32,36)(H,31,33,34). The van der Waals surface area contributed by atoms with E-state index in [9.17, 15) is 9.18 Å². The van der Waals surface area contributed by atoms with Crippen LogP contribution in [0.4, 0.5) is 16.0 Å². The summed E-state index contributed by atoms with van der Waals surface area (Å²) in [7, 11) is 1.56. The van der Waals surface area contributed by atoms with Crippen molar-refractivity contribution in [1.29, 1.82) is 0 Å². The fourth-order valence-corrected chi connectivity index (χ4v) is 5.22. The number of methoxy groups -OCH3 is 1. The van der Waals surface area contributed by atoms with Crippen molar-refractivity contribution in [2.24, 2.45) is 0 Å². The smallest absolute Gasteiger partial charge is 0.255 e. The summed E-state index contributed by atoms with van der Waals surface area (Å²) < 4.78 is 26.9. The van der Waals surface area contributed by atoms with E-state index in [0.29, 0.717) is 51.7 Å². The maximum atomic E-state index is 14.2. The number of allylic oxidation sites excluding steroid dienone is 1. The van der Waals surface area contributed by atoms with Crippen molar-refractivity contribution in [2.45, 2.75) is 30.8 Å². The molecule has 0 bridgehead atoms. The Morgan fingerprint density at radius 3 is 2.59 bits per heavy atom. The van der Waals surface area contributed by atoms with Crippen LogP contribution >= 0.6 is 11.8 Å². The lowest BCUT2D eigenvalue weighted by Gasteiger charge is -2.29. The highest BCUT2D eigenvalue weighted by Gasteiger charge is 2.34. The molecule has 1 amide bonds. The number of nitrogens with one attached hydrogen (secondary N) is 2. The van der Waals surface area contributed by atoms with Crippen LogP contribution in [-0.4, -0.2) is 34.4 Å². The van der Waals surface area contributed by atoms with E-state index in [4.69, 9.17) is 14.6 Å². The Hall–Kier alpha value is -4.31. The number of nitrogens with zero attached hydrogens (tertiary/aromatic N) is 3. The molecule has 200 valence electrons. The number of carbonyl (C=O) groups is 1. The summed E-state index contributed by atoms with van der Waals surface area (Å²) in [6, 6.07) is 20.9. The third-order valence-electron chi connectivity index (χ3n) is 6.25. The van der Waals surface area contributed by atoms with Crippen LogP contribution < -0.4 is 20.1 Å². The van der Waals surface area contributed by atoms with Gasteiger partial charge in [-0.05, 0) is 55.3 Å². The lowest BCUT2D eigenvalue weighted by atomic mass is 9.95. The molecular formula is C29H28FN5O3S. The van der Waals surface area contributed by atoms with Crippen LogP contribution in [0, 0.1) is 5.82 Å². The molecule has 2 heterocycles. The summed E-state index contributed by atoms with van der Waals surface area (Å²) in [5.74, 6) is 1.58. The third kappa shape index (κ3) is 5.61. The molecule has 0 spiro atoms. The number of hydrogen-bond donors (Lipinski definition) is 2. The normalized spacial score (nSPS) is 14.4. The Bertz CT molecular complexity index is 1520. The number of benzene rings is 3. The van der Waals surface area contributed by atoms with Crippen LogP contribution in [0.15, 0.2) is 89.2 Å². The molecule has 0 saturated carbocycles. The molecule has 1 aromatic heterocycles. The van der Waals surface area contributed by atoms with E-state index in [0.717, 1.165) is 11.3 Å². The van der Waals surface area contributed by atoms with Gasteiger partial charge in [-0.1, -0.05) is 54.2 Å². The van der Waals surface area contributed by atoms with Gasteiger partial charge < -0.3 is 20.1 Å². The minimum atomic E-state index is -0.568. The summed E-state index contributed by atoms with van der Waals surface area (Å²) in [6.07, 6.45) is 0. The van der Waals surface area contributed by atoms with Crippen molar-refractivity contribution in [3.8, 4) is 11.5 Å². The molecule has 0 fully saturated rings. The summed E-state index contributed by atoms with van der Waals surface area (Å²) in [5, 5.41) is 11.4. The number of rotatable bonds is 9. The molecule has 1 aliphatic rings. The number of ether oxygens (including phenoxy) is 2. The van der Waals surface area contributed by atoms with Gasteiger partial charge in [0.05, 0.1) is 25.0 Å². The van der Waals surface area contributed by atoms with Gasteiger partial charge in [0.2, 0.25) is 11.1 Å². The van der Waals surface area contributed by atoms with Crippen LogP contribution in [-0.2, 0) is 10.5 Å². The highest BCUT2D eigenvalue weighted by Crippen LogP contribution is 2.38. The van der Waals surface area contributed by atoms with Gasteiger partial charge in [0, 0.05) is 11.4 Å². The second-order valence-corrected chi connectivity index (χ2v) is 9.71. The lowest BCUT2D eigenvalue weighted by molar-refractivity contribution is -0.113. The predicted octanol–water partition coefficient (Wildman–Crippen LogP) is 6.04. The van der Waals surface area contributed by atoms with Gasteiger partial charge in [0.1, 0.15) is 23.4 Å². The van der Waals surface area contributed by atoms with E-state index in [2.05, 4.69) is 15.6 Å². The van der Waals surface area contributed by atoms with Crippen molar-refractivity contribution in [3.05, 3.63) is 101 Å². The van der Waals surface area contributed by atoms with Gasteiger partial charge in [-0.3, -0.25) is 4.79 Å². The second-order valence-electron chi connectivity index (χ2n) is 8.77. The fourth-order valence-electron chi connectivity index (χ4n) is 4.40. The molecule has 5 rings (SSSR count). The molecule has 1 atom stereocenters. The quantitative estimate of drug-likeness (QED) is 0.248. The molecule has 8 nitrogen and oxygen atoms in total. The van der Waals surface area contributed by atoms with Gasteiger partial charge in [0.15, 0.2) is 0 Å². The molecule has 1 aliphatic heterocycles. The summed E-state index contributed by atoms with van der Waals surface area (Å²) >= 11 is 1.33. The van der Waals surface area contributed by atoms with Crippen molar-refractivity contribution >= 4 is 29.3 Å². The van der Waals surface area contributed by atoms with Crippen LogP contribution in [0.25, 0.3) is 0 Å². The summed E-state index contributed by atoms with van der Waals surface area (Å²) in [5.41, 5.74) is 3.08. The molecule has 10 heteroatoms. The molecule has 2 N–H and O–H groups in total. The molecule has 0 radical (unpaired) electrons. The number of hydrogen-bond acceptors (Lipinski definition) is 7. The van der Waals surface area contributed by atoms with Gasteiger partial charge >= 0.3 is 0 Å². The van der Waals surface area contributed by atoms with Crippen molar-refractivity contribution in [2.75, 3.05) is 24.4 Å². The number of anilines is 2. The monoisotopic (exact) mass is 545 g/mol. The number of halogens is 1. The average Bonchev–Trinajstić information content (AvgIpc) is 3.35. The molecular weight excluding hydrogens is 517 g/mol. The molecule has 3 aromatic carbocycles. The SMILES string of the molecule is CCOc1ccc(C2C(C(=O)Nc3ccccc3OC)=C(C)Nc3nc(SCc4ccccc4F)nn32)cc1. The van der Waals surface area contributed by atoms with E-state index in [1.165, 1.54) is 17.8 Å². The highest BCUT2D eigenvalue weighted by atomic mass is 32.2. The first kappa shape index (κ1) is 26.3. The van der Waals surface area contributed by atoms with Gasteiger partial charge in [-0.2, -0.15) is 4.98 Å². The predicted molar refractivity (Wildman–Crippen MR) is 150 cm³/mol. The Labute approximate surface area is 230 Å². The largest absolute Gasteiger partial charge is 0.495 e. The maximum Gasteiger partial charge on any atom is 0.255 e. The number of thioether (sulfide) groups is 1. The zero-order chi connectivity index (χ0) is 27.4. The molecule has 1 unspecified atom stereocenters. The van der Waals surface area contributed by atoms with Crippen molar-refractivity contribution < 1.29 is 18.7 Å². The van der Waals surface area contributed by atoms with Gasteiger partial charge in [0.25, 0.3) is 5.91 Å². The first-order valence-corrected chi connectivity index (χ1v) is 13.4. The number of aromatic nitrogens is 3. The Morgan fingerprint density at radius 2 is 1.85 bits per heavy atom. The van der Waals surface area contributed by atoms with E-state index in [1.807, 2.05) is 50.2 Å². The second kappa shape index (κ2) is 11.6. The lowest BCUT2D eigenvalue weighted by Crippen LogP contribution is -2.31. The topological polar surface area (TPSA) is 90.3 Å². The number of para-hydroxylation sites is 2. The van der Waals surface area contributed by atoms with E-state index >= 15 is 0 Å². The zero-order valence-corrected chi connectivity index (χ0v) is 22.6. The van der Waals surface area contributed by atoms with Crippen LogP contribution in [0.2, 0.25) is 0 Å². The zero-order valence-electron chi connectivity index (χ0n) is 21.8. The maximum absolute atomic E-state index is 14.2. The van der Waals surface area contributed by atoms with Crippen LogP contribution in [0.1, 0.15) is 31.0 Å². The van der Waals surface area contributed by atoms with E-state index < -0.39 is 6.04 Å². The van der Waals surface area contributed by atoms with E-state index in [-0.39, 0.29) is 11.7 Å². The number of fused-ring (bicyclic) bond motifs is 1. The Kier molecular flexibility index (Phi) is 7.83. The highest BCUT2D eigenvalue weighted by molar-refractivity contribution is 7.98. The minimum absolute atomic E-state index is 0.271. The van der Waals surface area contributed by atoms with Crippen LogP contribution in [0.3, 0.4) is 0 Å².